The molecule has 0 unspecified atom stereocenters. The van der Waals surface area contributed by atoms with Crippen LogP contribution in [0.3, 0.4) is 0 Å². The van der Waals surface area contributed by atoms with Crippen molar-refractivity contribution in [2.24, 2.45) is 5.92 Å². The highest BCUT2D eigenvalue weighted by molar-refractivity contribution is 5.92. The predicted octanol–water partition coefficient (Wildman–Crippen LogP) is 5.02. The topological polar surface area (TPSA) is 71.3 Å². The quantitative estimate of drug-likeness (QED) is 0.609. The van der Waals surface area contributed by atoms with Crippen LogP contribution in [-0.4, -0.2) is 34.0 Å². The molecule has 162 valence electrons. The molecule has 6 heteroatoms. The molecule has 1 saturated heterocycles. The van der Waals surface area contributed by atoms with Crippen LogP contribution in [0.1, 0.15) is 49.6 Å². The molecule has 0 aliphatic carbocycles. The number of nitrogens with one attached hydrogen (secondary N) is 1. The summed E-state index contributed by atoms with van der Waals surface area (Å²) < 4.78 is 5.44. The highest BCUT2D eigenvalue weighted by Gasteiger charge is 2.27. The lowest BCUT2D eigenvalue weighted by Crippen LogP contribution is -2.40. The molecule has 1 fully saturated rings. The average molecular weight is 419 g/mol. The van der Waals surface area contributed by atoms with Crippen molar-refractivity contribution in [1.29, 1.82) is 0 Å². The zero-order chi connectivity index (χ0) is 21.8. The maximum atomic E-state index is 12.8. The predicted molar refractivity (Wildman–Crippen MR) is 122 cm³/mol. The van der Waals surface area contributed by atoms with E-state index in [2.05, 4.69) is 46.3 Å². The molecule has 1 aliphatic rings. The number of rotatable bonds is 6. The molecule has 0 bridgehead atoms. The third kappa shape index (κ3) is 5.39. The van der Waals surface area contributed by atoms with Crippen LogP contribution in [0, 0.1) is 12.8 Å². The molecular formula is C25H30N4O2. The number of nitrogens with zero attached hydrogens (tertiary/aromatic N) is 3. The van der Waals surface area contributed by atoms with E-state index in [1.807, 2.05) is 43.3 Å². The van der Waals surface area contributed by atoms with Crippen molar-refractivity contribution < 1.29 is 9.32 Å². The van der Waals surface area contributed by atoms with Gasteiger partial charge in [0.15, 0.2) is 5.82 Å². The van der Waals surface area contributed by atoms with Gasteiger partial charge in [-0.25, -0.2) is 0 Å². The minimum Gasteiger partial charge on any atom is -0.334 e. The minimum absolute atomic E-state index is 0.0398. The van der Waals surface area contributed by atoms with Gasteiger partial charge in [-0.2, -0.15) is 4.98 Å². The number of hydrogen-bond donors (Lipinski definition) is 1. The van der Waals surface area contributed by atoms with Gasteiger partial charge >= 0.3 is 0 Å². The van der Waals surface area contributed by atoms with E-state index in [9.17, 15) is 4.79 Å². The van der Waals surface area contributed by atoms with Crippen molar-refractivity contribution >= 4 is 11.6 Å². The van der Waals surface area contributed by atoms with E-state index in [0.29, 0.717) is 30.7 Å². The van der Waals surface area contributed by atoms with E-state index in [0.717, 1.165) is 30.6 Å². The van der Waals surface area contributed by atoms with Crippen LogP contribution >= 0.6 is 0 Å². The van der Waals surface area contributed by atoms with E-state index < -0.39 is 0 Å². The molecular weight excluding hydrogens is 388 g/mol. The summed E-state index contributed by atoms with van der Waals surface area (Å²) in [6, 6.07) is 16.2. The molecule has 2 aromatic carbocycles. The average Bonchev–Trinajstić information content (AvgIpc) is 3.23. The third-order valence-electron chi connectivity index (χ3n) is 5.85. The van der Waals surface area contributed by atoms with E-state index >= 15 is 0 Å². The zero-order valence-corrected chi connectivity index (χ0v) is 18.5. The summed E-state index contributed by atoms with van der Waals surface area (Å²) in [6.07, 6.45) is 1.88. The fraction of sp³-hybridized carbons (Fsp3) is 0.400. The van der Waals surface area contributed by atoms with E-state index in [1.165, 1.54) is 11.1 Å². The number of aryl methyl sites for hydroxylation is 1. The molecule has 3 aromatic rings. The second kappa shape index (κ2) is 9.43. The highest BCUT2D eigenvalue weighted by atomic mass is 16.5. The lowest BCUT2D eigenvalue weighted by molar-refractivity contribution is -0.121. The Kier molecular flexibility index (Phi) is 6.47. The Bertz CT molecular complexity index is 1010. The molecule has 0 radical (unpaired) electrons. The summed E-state index contributed by atoms with van der Waals surface area (Å²) >= 11 is 0. The van der Waals surface area contributed by atoms with Crippen LogP contribution in [0.2, 0.25) is 0 Å². The summed E-state index contributed by atoms with van der Waals surface area (Å²) in [6.45, 7) is 8.59. The lowest BCUT2D eigenvalue weighted by atomic mass is 9.97. The molecule has 0 saturated carbocycles. The molecule has 1 N–H and O–H groups in total. The number of carbonyl (C=O) groups excluding carboxylic acids is 1. The number of likely N-dealkylation sites (tertiary alicyclic amines) is 1. The number of benzene rings is 2. The van der Waals surface area contributed by atoms with Gasteiger partial charge in [-0.3, -0.25) is 9.69 Å². The molecule has 0 spiro atoms. The molecule has 1 amide bonds. The number of hydrogen-bond acceptors (Lipinski definition) is 5. The molecule has 31 heavy (non-hydrogen) atoms. The second-order valence-electron chi connectivity index (χ2n) is 8.72. The first-order chi connectivity index (χ1) is 15.0. The molecule has 1 atom stereocenters. The Balaban J connectivity index is 1.34. The summed E-state index contributed by atoms with van der Waals surface area (Å²) in [7, 11) is 0. The van der Waals surface area contributed by atoms with Crippen LogP contribution in [0.15, 0.2) is 53.1 Å². The van der Waals surface area contributed by atoms with Crippen molar-refractivity contribution in [2.75, 3.05) is 18.4 Å². The maximum absolute atomic E-state index is 12.8. The number of amides is 1. The van der Waals surface area contributed by atoms with Gasteiger partial charge in [-0.1, -0.05) is 48.8 Å². The summed E-state index contributed by atoms with van der Waals surface area (Å²) in [5, 5.41) is 7.22. The van der Waals surface area contributed by atoms with Gasteiger partial charge in [0.2, 0.25) is 5.91 Å². The smallest absolute Gasteiger partial charge is 0.257 e. The molecule has 1 aromatic heterocycles. The Morgan fingerprint density at radius 3 is 2.61 bits per heavy atom. The molecule has 4 rings (SSSR count). The first kappa shape index (κ1) is 21.2. The van der Waals surface area contributed by atoms with Crippen LogP contribution in [0.4, 0.5) is 5.69 Å². The van der Waals surface area contributed by atoms with Crippen molar-refractivity contribution in [2.45, 2.75) is 46.1 Å². The first-order valence-electron chi connectivity index (χ1n) is 11.0. The third-order valence-corrected chi connectivity index (χ3v) is 5.85. The lowest BCUT2D eigenvalue weighted by Gasteiger charge is -2.31. The summed E-state index contributed by atoms with van der Waals surface area (Å²) in [5.41, 5.74) is 4.24. The van der Waals surface area contributed by atoms with Gasteiger partial charge < -0.3 is 9.84 Å². The summed E-state index contributed by atoms with van der Waals surface area (Å²) in [4.78, 5) is 19.6. The number of aromatic nitrogens is 2. The fourth-order valence-electron chi connectivity index (χ4n) is 3.94. The van der Waals surface area contributed by atoms with Gasteiger partial charge in [0, 0.05) is 17.8 Å². The SMILES string of the molecule is Cc1ccc(-c2nc(CN3CCC[C@@H](C(=O)Nc4ccc(C(C)C)cc4)C3)no2)cc1. The minimum atomic E-state index is -0.0398. The van der Waals surface area contributed by atoms with E-state index in [1.54, 1.807) is 0 Å². The van der Waals surface area contributed by atoms with Crippen molar-refractivity contribution in [3.63, 3.8) is 0 Å². The monoisotopic (exact) mass is 418 g/mol. The van der Waals surface area contributed by atoms with Crippen LogP contribution < -0.4 is 5.32 Å². The van der Waals surface area contributed by atoms with E-state index in [-0.39, 0.29) is 11.8 Å². The maximum Gasteiger partial charge on any atom is 0.257 e. The van der Waals surface area contributed by atoms with Crippen molar-refractivity contribution in [1.82, 2.24) is 15.0 Å². The Labute approximate surface area is 183 Å². The molecule has 1 aliphatic heterocycles. The normalized spacial score (nSPS) is 17.1. The Morgan fingerprint density at radius 2 is 1.90 bits per heavy atom. The van der Waals surface area contributed by atoms with Gasteiger partial charge in [0.05, 0.1) is 12.5 Å². The highest BCUT2D eigenvalue weighted by Crippen LogP contribution is 2.23. The van der Waals surface area contributed by atoms with E-state index in [4.69, 9.17) is 4.52 Å². The number of piperidine rings is 1. The summed E-state index contributed by atoms with van der Waals surface area (Å²) in [5.74, 6) is 1.71. The zero-order valence-electron chi connectivity index (χ0n) is 18.5. The fourth-order valence-corrected chi connectivity index (χ4v) is 3.94. The number of carbonyl (C=O) groups is 1. The number of anilines is 1. The standard InChI is InChI=1S/C25H30N4O2/c1-17(2)19-10-12-22(13-11-19)26-24(30)21-5-4-14-29(15-21)16-23-27-25(31-28-23)20-8-6-18(3)7-9-20/h6-13,17,21H,4-5,14-16H2,1-3H3,(H,26,30)/t21-/m1/s1. The largest absolute Gasteiger partial charge is 0.334 e. The van der Waals surface area contributed by atoms with Gasteiger partial charge in [-0.15, -0.1) is 0 Å². The van der Waals surface area contributed by atoms with Crippen molar-refractivity contribution in [3.05, 3.63) is 65.5 Å². The van der Waals surface area contributed by atoms with Gasteiger partial charge in [0.25, 0.3) is 5.89 Å². The van der Waals surface area contributed by atoms with Gasteiger partial charge in [-0.05, 0) is 62.1 Å². The Morgan fingerprint density at radius 1 is 1.16 bits per heavy atom. The van der Waals surface area contributed by atoms with Crippen LogP contribution in [0.25, 0.3) is 11.5 Å². The Hall–Kier alpha value is -2.99. The van der Waals surface area contributed by atoms with Gasteiger partial charge in [0.1, 0.15) is 0 Å². The molecule has 6 nitrogen and oxygen atoms in total. The van der Waals surface area contributed by atoms with Crippen LogP contribution in [-0.2, 0) is 11.3 Å². The van der Waals surface area contributed by atoms with Crippen LogP contribution in [0.5, 0.6) is 0 Å². The van der Waals surface area contributed by atoms with Crippen molar-refractivity contribution in [3.8, 4) is 11.5 Å². The first-order valence-corrected chi connectivity index (χ1v) is 11.0. The second-order valence-corrected chi connectivity index (χ2v) is 8.72. The molecule has 2 heterocycles.